The van der Waals surface area contributed by atoms with Gasteiger partial charge in [-0.2, -0.15) is 4.31 Å². The first-order valence-electron chi connectivity index (χ1n) is 9.21. The molecule has 11 heteroatoms. The second-order valence-electron chi connectivity index (χ2n) is 6.82. The third-order valence-corrected chi connectivity index (χ3v) is 6.74. The Kier molecular flexibility index (Phi) is 5.31. The average molecular weight is 434 g/mol. The van der Waals surface area contributed by atoms with Crippen LogP contribution in [0.3, 0.4) is 0 Å². The number of fused-ring (bicyclic) bond motifs is 1. The second kappa shape index (κ2) is 7.92. The van der Waals surface area contributed by atoms with Crippen molar-refractivity contribution in [2.75, 3.05) is 43.4 Å². The van der Waals surface area contributed by atoms with Gasteiger partial charge in [0.25, 0.3) is 5.91 Å². The van der Waals surface area contributed by atoms with E-state index in [4.69, 9.17) is 4.74 Å². The molecule has 0 saturated carbocycles. The molecule has 3 amide bonds. The number of carbonyl (C=O) groups excluding carboxylic acids is 2. The third-order valence-electron chi connectivity index (χ3n) is 4.84. The number of nitrogens with one attached hydrogen (secondary N) is 2. The van der Waals surface area contributed by atoms with Crippen molar-refractivity contribution in [3.05, 3.63) is 48.3 Å². The van der Waals surface area contributed by atoms with Crippen LogP contribution >= 0.6 is 0 Å². The molecule has 2 aromatic rings. The van der Waals surface area contributed by atoms with Crippen molar-refractivity contribution in [1.82, 2.24) is 9.21 Å². The largest absolute Gasteiger partial charge is 0.482 e. The fourth-order valence-electron chi connectivity index (χ4n) is 3.24. The van der Waals surface area contributed by atoms with Crippen LogP contribution in [0.4, 0.5) is 20.6 Å². The number of benzene rings is 2. The maximum Gasteiger partial charge on any atom is 0.321 e. The summed E-state index contributed by atoms with van der Waals surface area (Å²) in [7, 11) is -3.80. The van der Waals surface area contributed by atoms with E-state index in [0.29, 0.717) is 17.1 Å². The summed E-state index contributed by atoms with van der Waals surface area (Å²) in [6, 6.07) is 9.31. The predicted molar refractivity (Wildman–Crippen MR) is 106 cm³/mol. The minimum absolute atomic E-state index is 0.0382. The first-order valence-corrected chi connectivity index (χ1v) is 10.7. The molecule has 30 heavy (non-hydrogen) atoms. The normalized spacial score (nSPS) is 17.0. The molecule has 158 valence electrons. The molecule has 2 aliphatic rings. The molecule has 0 radical (unpaired) electrons. The van der Waals surface area contributed by atoms with Crippen LogP contribution < -0.4 is 15.4 Å². The van der Waals surface area contributed by atoms with Crippen LogP contribution in [0.1, 0.15) is 0 Å². The Bertz CT molecular complexity index is 1080. The van der Waals surface area contributed by atoms with Crippen molar-refractivity contribution < 1.29 is 27.1 Å². The average Bonchev–Trinajstić information content (AvgIpc) is 2.75. The summed E-state index contributed by atoms with van der Waals surface area (Å²) in [6.07, 6.45) is 0. The zero-order chi connectivity index (χ0) is 21.3. The van der Waals surface area contributed by atoms with Crippen molar-refractivity contribution in [3.8, 4) is 5.75 Å². The Morgan fingerprint density at radius 1 is 1.07 bits per heavy atom. The van der Waals surface area contributed by atoms with Crippen LogP contribution in [-0.4, -0.2) is 62.3 Å². The first kappa shape index (κ1) is 20.1. The highest BCUT2D eigenvalue weighted by Crippen LogP contribution is 2.31. The molecular formula is C19H19FN4O5S. The van der Waals surface area contributed by atoms with E-state index >= 15 is 0 Å². The number of carbonyl (C=O) groups is 2. The van der Waals surface area contributed by atoms with E-state index in [0.717, 1.165) is 0 Å². The molecular weight excluding hydrogens is 415 g/mol. The van der Waals surface area contributed by atoms with Gasteiger partial charge in [-0.15, -0.1) is 0 Å². The quantitative estimate of drug-likeness (QED) is 0.765. The molecule has 1 saturated heterocycles. The van der Waals surface area contributed by atoms with Crippen LogP contribution in [-0.2, 0) is 14.8 Å². The molecule has 9 nitrogen and oxygen atoms in total. The molecule has 2 aromatic carbocycles. The standard InChI is InChI=1S/C19H19FN4O5S/c20-13-1-3-14(4-2-13)21-19(26)23-7-9-24(10-8-23)30(27,28)15-5-6-17-16(11-15)22-18(25)12-29-17/h1-6,11H,7-10,12H2,(H,21,26)(H,22,25). The van der Waals surface area contributed by atoms with Crippen LogP contribution in [0, 0.1) is 5.82 Å². The molecule has 0 bridgehead atoms. The summed E-state index contributed by atoms with van der Waals surface area (Å²) in [5.74, 6) is -0.339. The lowest BCUT2D eigenvalue weighted by molar-refractivity contribution is -0.118. The fraction of sp³-hybridized carbons (Fsp3) is 0.263. The van der Waals surface area contributed by atoms with E-state index in [-0.39, 0.29) is 49.6 Å². The summed E-state index contributed by atoms with van der Waals surface area (Å²) < 4.78 is 45.5. The monoisotopic (exact) mass is 434 g/mol. The lowest BCUT2D eigenvalue weighted by Crippen LogP contribution is -2.51. The van der Waals surface area contributed by atoms with E-state index in [1.54, 1.807) is 0 Å². The number of halogens is 1. The highest BCUT2D eigenvalue weighted by Gasteiger charge is 2.31. The van der Waals surface area contributed by atoms with E-state index in [9.17, 15) is 22.4 Å². The van der Waals surface area contributed by atoms with Gasteiger partial charge in [0.1, 0.15) is 11.6 Å². The molecule has 2 heterocycles. The van der Waals surface area contributed by atoms with Gasteiger partial charge in [-0.1, -0.05) is 0 Å². The summed E-state index contributed by atoms with van der Waals surface area (Å²) in [6.45, 7) is 0.549. The topological polar surface area (TPSA) is 108 Å². The number of anilines is 2. The number of urea groups is 1. The van der Waals surface area contributed by atoms with E-state index < -0.39 is 15.8 Å². The van der Waals surface area contributed by atoms with Gasteiger partial charge in [-0.3, -0.25) is 4.79 Å². The summed E-state index contributed by atoms with van der Waals surface area (Å²) in [5.41, 5.74) is 0.763. The number of hydrogen-bond acceptors (Lipinski definition) is 5. The number of ether oxygens (including phenoxy) is 1. The van der Waals surface area contributed by atoms with Gasteiger partial charge in [0.2, 0.25) is 10.0 Å². The third kappa shape index (κ3) is 4.07. The predicted octanol–water partition coefficient (Wildman–Crippen LogP) is 1.69. The lowest BCUT2D eigenvalue weighted by atomic mass is 10.2. The lowest BCUT2D eigenvalue weighted by Gasteiger charge is -2.34. The number of nitrogens with zero attached hydrogens (tertiary/aromatic N) is 2. The van der Waals surface area contributed by atoms with Gasteiger partial charge in [0, 0.05) is 31.9 Å². The van der Waals surface area contributed by atoms with Crippen LogP contribution in [0.15, 0.2) is 47.4 Å². The smallest absolute Gasteiger partial charge is 0.321 e. The zero-order valence-corrected chi connectivity index (χ0v) is 16.6. The van der Waals surface area contributed by atoms with Gasteiger partial charge < -0.3 is 20.3 Å². The minimum atomic E-state index is -3.80. The van der Waals surface area contributed by atoms with E-state index in [1.807, 2.05) is 0 Å². The van der Waals surface area contributed by atoms with E-state index in [1.165, 1.54) is 51.7 Å². The molecule has 4 rings (SSSR count). The molecule has 2 N–H and O–H groups in total. The Balaban J connectivity index is 1.40. The minimum Gasteiger partial charge on any atom is -0.482 e. The first-order chi connectivity index (χ1) is 14.3. The zero-order valence-electron chi connectivity index (χ0n) is 15.8. The molecule has 0 aromatic heterocycles. The van der Waals surface area contributed by atoms with Crippen molar-refractivity contribution in [2.45, 2.75) is 4.90 Å². The van der Waals surface area contributed by atoms with Crippen LogP contribution in [0.25, 0.3) is 0 Å². The number of piperazine rings is 1. The summed E-state index contributed by atoms with van der Waals surface area (Å²) >= 11 is 0. The molecule has 0 aliphatic carbocycles. The van der Waals surface area contributed by atoms with Crippen molar-refractivity contribution >= 4 is 33.3 Å². The number of rotatable bonds is 3. The summed E-state index contributed by atoms with van der Waals surface area (Å²) in [5, 5.41) is 5.25. The van der Waals surface area contributed by atoms with Crippen LogP contribution in [0.2, 0.25) is 0 Å². The SMILES string of the molecule is O=C1COc2ccc(S(=O)(=O)N3CCN(C(=O)Nc4ccc(F)cc4)CC3)cc2N1. The fourth-order valence-corrected chi connectivity index (χ4v) is 4.69. The van der Waals surface area contributed by atoms with Gasteiger partial charge >= 0.3 is 6.03 Å². The maximum atomic E-state index is 13.0. The van der Waals surface area contributed by atoms with Gasteiger partial charge in [-0.05, 0) is 42.5 Å². The van der Waals surface area contributed by atoms with Gasteiger partial charge in [-0.25, -0.2) is 17.6 Å². The molecule has 2 aliphatic heterocycles. The van der Waals surface area contributed by atoms with Crippen molar-refractivity contribution in [2.24, 2.45) is 0 Å². The van der Waals surface area contributed by atoms with Gasteiger partial charge in [0.15, 0.2) is 6.61 Å². The Hall–Kier alpha value is -3.18. The maximum absolute atomic E-state index is 13.0. The van der Waals surface area contributed by atoms with E-state index in [2.05, 4.69) is 10.6 Å². The highest BCUT2D eigenvalue weighted by molar-refractivity contribution is 7.89. The van der Waals surface area contributed by atoms with Crippen LogP contribution in [0.5, 0.6) is 5.75 Å². The Morgan fingerprint density at radius 2 is 1.77 bits per heavy atom. The number of hydrogen-bond donors (Lipinski definition) is 2. The van der Waals surface area contributed by atoms with Crippen molar-refractivity contribution in [3.63, 3.8) is 0 Å². The van der Waals surface area contributed by atoms with Gasteiger partial charge in [0.05, 0.1) is 10.6 Å². The number of amides is 3. The summed E-state index contributed by atoms with van der Waals surface area (Å²) in [4.78, 5) is 25.4. The Labute approximate surface area is 172 Å². The second-order valence-corrected chi connectivity index (χ2v) is 8.76. The van der Waals surface area contributed by atoms with Crippen molar-refractivity contribution in [1.29, 1.82) is 0 Å². The number of sulfonamides is 1. The Morgan fingerprint density at radius 3 is 2.47 bits per heavy atom. The molecule has 0 atom stereocenters. The molecule has 0 spiro atoms. The molecule has 1 fully saturated rings. The molecule has 0 unspecified atom stereocenters. The highest BCUT2D eigenvalue weighted by atomic mass is 32.2.